The van der Waals surface area contributed by atoms with E-state index in [0.717, 1.165) is 28.0 Å². The summed E-state index contributed by atoms with van der Waals surface area (Å²) in [5.41, 5.74) is 3.66. The molecule has 5 heteroatoms. The van der Waals surface area contributed by atoms with Crippen LogP contribution in [-0.4, -0.2) is 17.7 Å². The molecule has 0 amide bonds. The van der Waals surface area contributed by atoms with Crippen LogP contribution in [0.4, 0.5) is 0 Å². The third-order valence-corrected chi connectivity index (χ3v) is 4.06. The summed E-state index contributed by atoms with van der Waals surface area (Å²) in [6.07, 6.45) is 1.25. The largest absolute Gasteiger partial charge is 0.452 e. The van der Waals surface area contributed by atoms with Gasteiger partial charge in [0.2, 0.25) is 0 Å². The maximum Gasteiger partial charge on any atom is 0.308 e. The number of hydrogen-bond acceptors (Lipinski definition) is 5. The van der Waals surface area contributed by atoms with Gasteiger partial charge in [-0.15, -0.1) is 0 Å². The van der Waals surface area contributed by atoms with Gasteiger partial charge in [0.05, 0.1) is 0 Å². The second-order valence-electron chi connectivity index (χ2n) is 5.93. The number of benzene rings is 1. The molecule has 1 aromatic carbocycles. The molecule has 0 aromatic heterocycles. The minimum absolute atomic E-state index is 0.341. The highest BCUT2D eigenvalue weighted by Gasteiger charge is 2.37. The predicted octanol–water partition coefficient (Wildman–Crippen LogP) is 3.14. The van der Waals surface area contributed by atoms with Crippen LogP contribution in [0.1, 0.15) is 49.4 Å². The van der Waals surface area contributed by atoms with Crippen molar-refractivity contribution in [3.8, 4) is 11.5 Å². The first-order valence-electron chi connectivity index (χ1n) is 7.34. The van der Waals surface area contributed by atoms with E-state index < -0.39 is 5.79 Å². The Hall–Kier alpha value is -2.04. The van der Waals surface area contributed by atoms with Gasteiger partial charge in [-0.3, -0.25) is 9.59 Å². The van der Waals surface area contributed by atoms with Gasteiger partial charge in [-0.1, -0.05) is 0 Å². The number of fused-ring (bicyclic) bond motifs is 1. The summed E-state index contributed by atoms with van der Waals surface area (Å²) >= 11 is 0. The zero-order valence-corrected chi connectivity index (χ0v) is 14.0. The smallest absolute Gasteiger partial charge is 0.308 e. The standard InChI is InChI=1S/C17H22O5/c1-9-10(2)16-14(11(3)15(9)20-12(4)18)7-8-17(6,22-16)21-13(5)19/h7-8H2,1-6H3/t17-/m0/s1. The molecule has 0 aliphatic carbocycles. The van der Waals surface area contributed by atoms with Crippen molar-refractivity contribution in [3.63, 3.8) is 0 Å². The van der Waals surface area contributed by atoms with Crippen LogP contribution in [0.3, 0.4) is 0 Å². The molecule has 0 N–H and O–H groups in total. The maximum absolute atomic E-state index is 11.3. The van der Waals surface area contributed by atoms with Gasteiger partial charge in [0, 0.05) is 32.8 Å². The van der Waals surface area contributed by atoms with E-state index >= 15 is 0 Å². The molecule has 120 valence electrons. The average molecular weight is 306 g/mol. The van der Waals surface area contributed by atoms with Crippen LogP contribution in [-0.2, 0) is 20.7 Å². The van der Waals surface area contributed by atoms with E-state index in [1.54, 1.807) is 6.92 Å². The molecule has 0 saturated heterocycles. The van der Waals surface area contributed by atoms with Crippen molar-refractivity contribution in [2.75, 3.05) is 0 Å². The topological polar surface area (TPSA) is 61.8 Å². The van der Waals surface area contributed by atoms with Crippen molar-refractivity contribution >= 4 is 11.9 Å². The number of carbonyl (C=O) groups is 2. The van der Waals surface area contributed by atoms with Crippen LogP contribution in [0.2, 0.25) is 0 Å². The molecular formula is C17H22O5. The van der Waals surface area contributed by atoms with E-state index in [1.807, 2.05) is 20.8 Å². The number of rotatable bonds is 2. The number of ether oxygens (including phenoxy) is 3. The van der Waals surface area contributed by atoms with E-state index in [9.17, 15) is 9.59 Å². The molecule has 5 nitrogen and oxygen atoms in total. The Bertz CT molecular complexity index is 647. The van der Waals surface area contributed by atoms with Crippen molar-refractivity contribution in [3.05, 3.63) is 22.3 Å². The van der Waals surface area contributed by atoms with Crippen LogP contribution in [0.15, 0.2) is 0 Å². The fourth-order valence-electron chi connectivity index (χ4n) is 2.89. The molecule has 0 saturated carbocycles. The van der Waals surface area contributed by atoms with Crippen LogP contribution in [0, 0.1) is 20.8 Å². The fourth-order valence-corrected chi connectivity index (χ4v) is 2.89. The average Bonchev–Trinajstić information content (AvgIpc) is 2.39. The molecule has 1 heterocycles. The third kappa shape index (κ3) is 2.93. The Balaban J connectivity index is 2.50. The summed E-state index contributed by atoms with van der Waals surface area (Å²) in [6.45, 7) is 10.3. The maximum atomic E-state index is 11.3. The third-order valence-electron chi connectivity index (χ3n) is 4.06. The summed E-state index contributed by atoms with van der Waals surface area (Å²) in [7, 11) is 0. The zero-order valence-electron chi connectivity index (χ0n) is 14.0. The highest BCUT2D eigenvalue weighted by atomic mass is 16.7. The van der Waals surface area contributed by atoms with E-state index in [2.05, 4.69) is 0 Å². The monoisotopic (exact) mass is 306 g/mol. The van der Waals surface area contributed by atoms with Crippen LogP contribution in [0.25, 0.3) is 0 Å². The van der Waals surface area contributed by atoms with Gasteiger partial charge in [0.15, 0.2) is 0 Å². The lowest BCUT2D eigenvalue weighted by Crippen LogP contribution is -2.41. The Morgan fingerprint density at radius 2 is 1.68 bits per heavy atom. The minimum atomic E-state index is -0.953. The molecule has 22 heavy (non-hydrogen) atoms. The first-order valence-corrected chi connectivity index (χ1v) is 7.34. The summed E-state index contributed by atoms with van der Waals surface area (Å²) in [6, 6.07) is 0. The minimum Gasteiger partial charge on any atom is -0.452 e. The first kappa shape index (κ1) is 16.3. The first-order chi connectivity index (χ1) is 10.1. The van der Waals surface area contributed by atoms with E-state index in [-0.39, 0.29) is 11.9 Å². The molecular weight excluding hydrogens is 284 g/mol. The molecule has 1 aliphatic rings. The zero-order chi connectivity index (χ0) is 16.7. The summed E-state index contributed by atoms with van der Waals surface area (Å²) in [4.78, 5) is 22.6. The van der Waals surface area contributed by atoms with Gasteiger partial charge in [-0.05, 0) is 43.9 Å². The molecule has 0 spiro atoms. The fraction of sp³-hybridized carbons (Fsp3) is 0.529. The normalized spacial score (nSPS) is 19.9. The van der Waals surface area contributed by atoms with E-state index in [1.165, 1.54) is 13.8 Å². The summed E-state index contributed by atoms with van der Waals surface area (Å²) in [5.74, 6) is -0.337. The van der Waals surface area contributed by atoms with Gasteiger partial charge < -0.3 is 14.2 Å². The summed E-state index contributed by atoms with van der Waals surface area (Å²) in [5, 5.41) is 0. The molecule has 0 bridgehead atoms. The van der Waals surface area contributed by atoms with Crippen molar-refractivity contribution in [1.29, 1.82) is 0 Å². The Morgan fingerprint density at radius 3 is 2.23 bits per heavy atom. The molecule has 0 fully saturated rings. The Morgan fingerprint density at radius 1 is 1.05 bits per heavy atom. The predicted molar refractivity (Wildman–Crippen MR) is 81.1 cm³/mol. The van der Waals surface area contributed by atoms with Crippen molar-refractivity contribution in [1.82, 2.24) is 0 Å². The van der Waals surface area contributed by atoms with Gasteiger partial charge in [-0.25, -0.2) is 0 Å². The van der Waals surface area contributed by atoms with E-state index in [0.29, 0.717) is 18.6 Å². The van der Waals surface area contributed by atoms with Crippen LogP contribution < -0.4 is 9.47 Å². The quantitative estimate of drug-likeness (QED) is 0.620. The van der Waals surface area contributed by atoms with Gasteiger partial charge in [0.1, 0.15) is 11.5 Å². The number of carbonyl (C=O) groups excluding carboxylic acids is 2. The lowest BCUT2D eigenvalue weighted by Gasteiger charge is -2.36. The van der Waals surface area contributed by atoms with Crippen molar-refractivity contribution in [2.24, 2.45) is 0 Å². The second-order valence-corrected chi connectivity index (χ2v) is 5.93. The lowest BCUT2D eigenvalue weighted by molar-refractivity contribution is -0.194. The van der Waals surface area contributed by atoms with Crippen LogP contribution >= 0.6 is 0 Å². The molecule has 1 aliphatic heterocycles. The molecule has 2 rings (SSSR count). The lowest BCUT2D eigenvalue weighted by atomic mass is 9.91. The molecule has 1 aromatic rings. The Labute approximate surface area is 130 Å². The van der Waals surface area contributed by atoms with Crippen molar-refractivity contribution in [2.45, 2.75) is 60.2 Å². The Kier molecular flexibility index (Phi) is 4.18. The SMILES string of the molecule is CC(=O)Oc1c(C)c(C)c2c(c1C)CC[C@@](C)(OC(C)=O)O2. The number of esters is 2. The van der Waals surface area contributed by atoms with Crippen molar-refractivity contribution < 1.29 is 23.8 Å². The summed E-state index contributed by atoms with van der Waals surface area (Å²) < 4.78 is 16.7. The number of hydrogen-bond donors (Lipinski definition) is 0. The molecule has 1 atom stereocenters. The van der Waals surface area contributed by atoms with Gasteiger partial charge in [-0.2, -0.15) is 0 Å². The second kappa shape index (κ2) is 5.63. The molecule has 0 radical (unpaired) electrons. The molecule has 0 unspecified atom stereocenters. The van der Waals surface area contributed by atoms with Crippen LogP contribution in [0.5, 0.6) is 11.5 Å². The highest BCUT2D eigenvalue weighted by molar-refractivity contribution is 5.72. The van der Waals surface area contributed by atoms with Gasteiger partial charge >= 0.3 is 11.9 Å². The van der Waals surface area contributed by atoms with E-state index in [4.69, 9.17) is 14.2 Å². The highest BCUT2D eigenvalue weighted by Crippen LogP contribution is 2.44. The van der Waals surface area contributed by atoms with Gasteiger partial charge in [0.25, 0.3) is 5.79 Å².